The van der Waals surface area contributed by atoms with Crippen molar-refractivity contribution in [2.24, 2.45) is 0 Å². The van der Waals surface area contributed by atoms with Gasteiger partial charge >= 0.3 is 0 Å². The van der Waals surface area contributed by atoms with E-state index in [0.717, 1.165) is 36.1 Å². The van der Waals surface area contributed by atoms with E-state index in [-0.39, 0.29) is 11.8 Å². The van der Waals surface area contributed by atoms with Crippen molar-refractivity contribution >= 4 is 11.8 Å². The van der Waals surface area contributed by atoms with Gasteiger partial charge in [0.05, 0.1) is 7.11 Å². The molecule has 1 atom stereocenters. The zero-order valence-electron chi connectivity index (χ0n) is 20.0. The lowest BCUT2D eigenvalue weighted by Gasteiger charge is -2.31. The Kier molecular flexibility index (Phi) is 10.8. The smallest absolute Gasteiger partial charge is 0.242 e. The number of unbranched alkanes of at least 4 members (excludes halogenated alkanes) is 1. The Balaban J connectivity index is 2.15. The van der Waals surface area contributed by atoms with Crippen LogP contribution in [0.25, 0.3) is 0 Å². The highest BCUT2D eigenvalue weighted by molar-refractivity contribution is 5.87. The molecule has 0 heterocycles. The van der Waals surface area contributed by atoms with Crippen LogP contribution in [0.1, 0.15) is 63.1 Å². The van der Waals surface area contributed by atoms with Gasteiger partial charge in [-0.3, -0.25) is 9.59 Å². The number of benzene rings is 2. The van der Waals surface area contributed by atoms with Crippen molar-refractivity contribution in [3.05, 3.63) is 65.2 Å². The first kappa shape index (κ1) is 25.4. The number of rotatable bonds is 13. The molecule has 1 N–H and O–H groups in total. The van der Waals surface area contributed by atoms with Crippen LogP contribution in [0.2, 0.25) is 0 Å². The number of ether oxygens (including phenoxy) is 1. The fourth-order valence-corrected chi connectivity index (χ4v) is 3.69. The lowest BCUT2D eigenvalue weighted by Crippen LogP contribution is -2.49. The summed E-state index contributed by atoms with van der Waals surface area (Å²) in [5.41, 5.74) is 3.41. The average molecular weight is 439 g/mol. The number of nitrogens with one attached hydrogen (secondary N) is 1. The molecule has 0 radical (unpaired) electrons. The van der Waals surface area contributed by atoms with Gasteiger partial charge in [0.2, 0.25) is 11.8 Å². The van der Waals surface area contributed by atoms with E-state index in [4.69, 9.17) is 4.74 Å². The molecule has 0 aliphatic heterocycles. The third-order valence-electron chi connectivity index (χ3n) is 5.79. The molecule has 2 rings (SSSR count). The second-order valence-corrected chi connectivity index (χ2v) is 8.11. The van der Waals surface area contributed by atoms with Crippen molar-refractivity contribution in [1.29, 1.82) is 0 Å². The summed E-state index contributed by atoms with van der Waals surface area (Å²) in [6.07, 6.45) is 4.56. The van der Waals surface area contributed by atoms with Gasteiger partial charge in [-0.1, -0.05) is 63.6 Å². The molecule has 0 bridgehead atoms. The molecule has 174 valence electrons. The van der Waals surface area contributed by atoms with Crippen molar-refractivity contribution in [3.63, 3.8) is 0 Å². The second-order valence-electron chi connectivity index (χ2n) is 8.11. The maximum atomic E-state index is 13.3. The zero-order chi connectivity index (χ0) is 23.3. The molecule has 0 spiro atoms. The van der Waals surface area contributed by atoms with E-state index < -0.39 is 6.04 Å². The number of carbonyl (C=O) groups excluding carboxylic acids is 2. The van der Waals surface area contributed by atoms with Gasteiger partial charge in [-0.2, -0.15) is 0 Å². The van der Waals surface area contributed by atoms with Crippen LogP contribution in [0, 0.1) is 0 Å². The van der Waals surface area contributed by atoms with Crippen LogP contribution in [0.3, 0.4) is 0 Å². The van der Waals surface area contributed by atoms with E-state index in [9.17, 15) is 9.59 Å². The molecule has 5 nitrogen and oxygen atoms in total. The molecular weight excluding hydrogens is 400 g/mol. The molecule has 2 amide bonds. The molecule has 1 unspecified atom stereocenters. The molecule has 2 aromatic carbocycles. The quantitative estimate of drug-likeness (QED) is 0.452. The second kappa shape index (κ2) is 13.6. The van der Waals surface area contributed by atoms with Crippen LogP contribution in [0.15, 0.2) is 48.5 Å². The van der Waals surface area contributed by atoms with Crippen LogP contribution in [0.5, 0.6) is 5.75 Å². The van der Waals surface area contributed by atoms with Gasteiger partial charge in [0.25, 0.3) is 0 Å². The van der Waals surface area contributed by atoms with Crippen molar-refractivity contribution in [2.45, 2.75) is 71.9 Å². The van der Waals surface area contributed by atoms with Crippen LogP contribution < -0.4 is 10.1 Å². The van der Waals surface area contributed by atoms with E-state index in [2.05, 4.69) is 43.4 Å². The summed E-state index contributed by atoms with van der Waals surface area (Å²) in [4.78, 5) is 28.0. The minimum Gasteiger partial charge on any atom is -0.497 e. The monoisotopic (exact) mass is 438 g/mol. The first-order valence-electron chi connectivity index (χ1n) is 11.8. The highest BCUT2D eigenvalue weighted by Gasteiger charge is 2.28. The summed E-state index contributed by atoms with van der Waals surface area (Å²) >= 11 is 0. The maximum absolute atomic E-state index is 13.3. The average Bonchev–Trinajstić information content (AvgIpc) is 2.83. The number of nitrogens with zero attached hydrogens (tertiary/aromatic N) is 1. The predicted octanol–water partition coefficient (Wildman–Crippen LogP) is 4.91. The molecule has 0 fully saturated rings. The number of hydrogen-bond acceptors (Lipinski definition) is 3. The van der Waals surface area contributed by atoms with Crippen LogP contribution in [-0.2, 0) is 29.0 Å². The molecule has 0 aliphatic rings. The summed E-state index contributed by atoms with van der Waals surface area (Å²) < 4.78 is 5.24. The molecule has 2 aromatic rings. The van der Waals surface area contributed by atoms with Crippen LogP contribution in [0.4, 0.5) is 0 Å². The molecule has 0 aliphatic carbocycles. The van der Waals surface area contributed by atoms with E-state index >= 15 is 0 Å². The summed E-state index contributed by atoms with van der Waals surface area (Å²) in [6.45, 7) is 7.22. The van der Waals surface area contributed by atoms with E-state index in [1.165, 1.54) is 5.56 Å². The Morgan fingerprint density at radius 2 is 1.56 bits per heavy atom. The molecular formula is C27H38N2O3. The Hall–Kier alpha value is -2.82. The maximum Gasteiger partial charge on any atom is 0.242 e. The van der Waals surface area contributed by atoms with E-state index in [1.807, 2.05) is 31.2 Å². The molecule has 0 saturated carbocycles. The van der Waals surface area contributed by atoms with E-state index in [1.54, 1.807) is 12.0 Å². The number of aryl methyl sites for hydroxylation is 2. The number of amides is 2. The summed E-state index contributed by atoms with van der Waals surface area (Å²) in [5.74, 6) is 0.694. The first-order valence-corrected chi connectivity index (χ1v) is 11.8. The van der Waals surface area contributed by atoms with Crippen molar-refractivity contribution in [2.75, 3.05) is 13.7 Å². The molecule has 0 saturated heterocycles. The Bertz CT molecular complexity index is 831. The SMILES string of the molecule is CCCCNC(=O)C(CC)N(Cc1ccc(OC)cc1)C(=O)CCc1ccc(CC)cc1. The lowest BCUT2D eigenvalue weighted by atomic mass is 10.0. The highest BCUT2D eigenvalue weighted by Crippen LogP contribution is 2.18. The fraction of sp³-hybridized carbons (Fsp3) is 0.481. The first-order chi connectivity index (χ1) is 15.5. The van der Waals surface area contributed by atoms with Gasteiger partial charge in [-0.15, -0.1) is 0 Å². The van der Waals surface area contributed by atoms with E-state index in [0.29, 0.717) is 32.4 Å². The van der Waals surface area contributed by atoms with Crippen LogP contribution >= 0.6 is 0 Å². The molecule has 32 heavy (non-hydrogen) atoms. The van der Waals surface area contributed by atoms with Crippen molar-refractivity contribution < 1.29 is 14.3 Å². The van der Waals surface area contributed by atoms with Gasteiger partial charge in [-0.25, -0.2) is 0 Å². The largest absolute Gasteiger partial charge is 0.497 e. The summed E-state index contributed by atoms with van der Waals surface area (Å²) in [6, 6.07) is 15.6. The molecule has 5 heteroatoms. The lowest BCUT2D eigenvalue weighted by molar-refractivity contribution is -0.141. The third kappa shape index (κ3) is 7.70. The molecule has 0 aromatic heterocycles. The number of carbonyl (C=O) groups is 2. The Morgan fingerprint density at radius 3 is 2.12 bits per heavy atom. The third-order valence-corrected chi connectivity index (χ3v) is 5.79. The minimum absolute atomic E-state index is 0.00197. The fourth-order valence-electron chi connectivity index (χ4n) is 3.69. The van der Waals surface area contributed by atoms with Gasteiger partial charge in [0.15, 0.2) is 0 Å². The zero-order valence-corrected chi connectivity index (χ0v) is 20.0. The van der Waals surface area contributed by atoms with Gasteiger partial charge in [0, 0.05) is 19.5 Å². The summed E-state index contributed by atoms with van der Waals surface area (Å²) in [5, 5.41) is 3.01. The van der Waals surface area contributed by atoms with Crippen LogP contribution in [-0.4, -0.2) is 36.4 Å². The predicted molar refractivity (Wildman–Crippen MR) is 130 cm³/mol. The number of methoxy groups -OCH3 is 1. The minimum atomic E-state index is -0.482. The standard InChI is InChI=1S/C27H38N2O3/c1-5-8-19-28-27(31)25(7-3)29(20-23-13-16-24(32-4)17-14-23)26(30)18-15-22-11-9-21(6-2)10-12-22/h9-14,16-17,25H,5-8,15,18-20H2,1-4H3,(H,28,31). The number of hydrogen-bond donors (Lipinski definition) is 1. The van der Waals surface area contributed by atoms with Gasteiger partial charge in [-0.05, 0) is 54.5 Å². The Morgan fingerprint density at radius 1 is 0.938 bits per heavy atom. The van der Waals surface area contributed by atoms with Crippen molar-refractivity contribution in [3.8, 4) is 5.75 Å². The van der Waals surface area contributed by atoms with Gasteiger partial charge in [0.1, 0.15) is 11.8 Å². The highest BCUT2D eigenvalue weighted by atomic mass is 16.5. The normalized spacial score (nSPS) is 11.6. The van der Waals surface area contributed by atoms with Gasteiger partial charge < -0.3 is 15.0 Å². The summed E-state index contributed by atoms with van der Waals surface area (Å²) in [7, 11) is 1.63. The van der Waals surface area contributed by atoms with Crippen molar-refractivity contribution in [1.82, 2.24) is 10.2 Å². The topological polar surface area (TPSA) is 58.6 Å². The Labute approximate surface area is 193 Å².